The highest BCUT2D eigenvalue weighted by molar-refractivity contribution is 5.10. The van der Waals surface area contributed by atoms with Crippen LogP contribution < -0.4 is 5.32 Å². The summed E-state index contributed by atoms with van der Waals surface area (Å²) in [7, 11) is 1.75. The first-order valence-corrected chi connectivity index (χ1v) is 6.88. The van der Waals surface area contributed by atoms with Crippen LogP contribution in [0.2, 0.25) is 0 Å². The first-order chi connectivity index (χ1) is 8.66. The molecule has 1 aliphatic rings. The molecule has 2 heterocycles. The zero-order valence-electron chi connectivity index (χ0n) is 11.9. The fourth-order valence-corrected chi connectivity index (χ4v) is 2.54. The lowest BCUT2D eigenvalue weighted by molar-refractivity contribution is -0.0126. The van der Waals surface area contributed by atoms with Crippen LogP contribution in [0.3, 0.4) is 0 Å². The molecule has 18 heavy (non-hydrogen) atoms. The fourth-order valence-electron chi connectivity index (χ4n) is 2.54. The first kappa shape index (κ1) is 13.5. The quantitative estimate of drug-likeness (QED) is 0.870. The Morgan fingerprint density at radius 3 is 2.83 bits per heavy atom. The molecular weight excluding hydrogens is 228 g/mol. The van der Waals surface area contributed by atoms with Crippen LogP contribution in [0.4, 0.5) is 0 Å². The van der Waals surface area contributed by atoms with Gasteiger partial charge in [0.15, 0.2) is 5.82 Å². The third-order valence-electron chi connectivity index (χ3n) is 3.99. The zero-order valence-corrected chi connectivity index (χ0v) is 11.9. The van der Waals surface area contributed by atoms with E-state index >= 15 is 0 Å². The van der Waals surface area contributed by atoms with Crippen LogP contribution in [0.25, 0.3) is 0 Å². The Hall–Kier alpha value is -0.940. The predicted octanol–water partition coefficient (Wildman–Crippen LogP) is 1.99. The Morgan fingerprint density at radius 2 is 2.22 bits per heavy atom. The average molecular weight is 252 g/mol. The predicted molar refractivity (Wildman–Crippen MR) is 70.3 cm³/mol. The number of ether oxygens (including phenoxy) is 1. The second kappa shape index (κ2) is 5.36. The highest BCUT2D eigenvalue weighted by Gasteiger charge is 2.34. The number of nitrogens with one attached hydrogen (secondary N) is 1. The van der Waals surface area contributed by atoms with E-state index in [1.54, 1.807) is 7.11 Å². The lowest BCUT2D eigenvalue weighted by atomic mass is 10.0. The molecule has 1 aromatic rings. The number of hydrogen-bond acceptors (Lipinski definition) is 4. The summed E-state index contributed by atoms with van der Waals surface area (Å²) in [5, 5.41) is 12.3. The van der Waals surface area contributed by atoms with Crippen LogP contribution in [-0.2, 0) is 16.9 Å². The standard InChI is InChI=1S/C13H24N4O/c1-5-7-10-11-15-16-12(13(3,6-2)18-4)17(11)9-8-14-10/h10,14H,5-9H2,1-4H3. The molecule has 1 aromatic heterocycles. The Labute approximate surface area is 109 Å². The molecule has 0 aliphatic carbocycles. The van der Waals surface area contributed by atoms with Gasteiger partial charge in [-0.05, 0) is 19.8 Å². The van der Waals surface area contributed by atoms with Gasteiger partial charge in [0.25, 0.3) is 0 Å². The van der Waals surface area contributed by atoms with E-state index in [1.165, 1.54) is 0 Å². The van der Waals surface area contributed by atoms with E-state index in [1.807, 2.05) is 0 Å². The lowest BCUT2D eigenvalue weighted by Crippen LogP contribution is -2.37. The molecule has 0 spiro atoms. The minimum absolute atomic E-state index is 0.334. The van der Waals surface area contributed by atoms with Crippen molar-refractivity contribution in [3.8, 4) is 0 Å². The molecule has 0 radical (unpaired) electrons. The van der Waals surface area contributed by atoms with E-state index in [9.17, 15) is 0 Å². The van der Waals surface area contributed by atoms with Crippen molar-refractivity contribution in [2.45, 2.75) is 58.2 Å². The van der Waals surface area contributed by atoms with Crippen molar-refractivity contribution in [2.24, 2.45) is 0 Å². The van der Waals surface area contributed by atoms with Crippen molar-refractivity contribution in [1.29, 1.82) is 0 Å². The Balaban J connectivity index is 2.36. The molecule has 1 aliphatic heterocycles. The number of rotatable bonds is 5. The summed E-state index contributed by atoms with van der Waals surface area (Å²) < 4.78 is 7.89. The third-order valence-corrected chi connectivity index (χ3v) is 3.99. The first-order valence-electron chi connectivity index (χ1n) is 6.88. The summed E-state index contributed by atoms with van der Waals surface area (Å²) in [6.45, 7) is 8.31. The van der Waals surface area contributed by atoms with Crippen LogP contribution in [0, 0.1) is 0 Å². The van der Waals surface area contributed by atoms with Gasteiger partial charge in [-0.2, -0.15) is 0 Å². The van der Waals surface area contributed by atoms with Gasteiger partial charge in [-0.1, -0.05) is 20.3 Å². The molecule has 2 rings (SSSR count). The monoisotopic (exact) mass is 252 g/mol. The average Bonchev–Trinajstić information content (AvgIpc) is 2.84. The SMILES string of the molecule is CCCC1NCCn2c1nnc2C(C)(CC)OC. The topological polar surface area (TPSA) is 52.0 Å². The Kier molecular flexibility index (Phi) is 4.02. The summed E-state index contributed by atoms with van der Waals surface area (Å²) in [6, 6.07) is 0.336. The van der Waals surface area contributed by atoms with Gasteiger partial charge in [-0.25, -0.2) is 0 Å². The van der Waals surface area contributed by atoms with Crippen molar-refractivity contribution in [1.82, 2.24) is 20.1 Å². The highest BCUT2D eigenvalue weighted by Crippen LogP contribution is 2.30. The molecule has 2 atom stereocenters. The third kappa shape index (κ3) is 2.17. The van der Waals surface area contributed by atoms with Gasteiger partial charge in [0.2, 0.25) is 0 Å². The van der Waals surface area contributed by atoms with Crippen LogP contribution in [0.1, 0.15) is 57.7 Å². The number of hydrogen-bond donors (Lipinski definition) is 1. The Bertz CT molecular complexity index is 398. The maximum absolute atomic E-state index is 5.65. The summed E-state index contributed by atoms with van der Waals surface area (Å²) in [6.07, 6.45) is 3.15. The van der Waals surface area contributed by atoms with E-state index in [2.05, 4.69) is 40.9 Å². The molecular formula is C13H24N4O. The maximum Gasteiger partial charge on any atom is 0.165 e. The van der Waals surface area contributed by atoms with Crippen molar-refractivity contribution in [2.75, 3.05) is 13.7 Å². The largest absolute Gasteiger partial charge is 0.371 e. The molecule has 0 amide bonds. The van der Waals surface area contributed by atoms with Crippen molar-refractivity contribution >= 4 is 0 Å². The molecule has 0 aromatic carbocycles. The molecule has 1 N–H and O–H groups in total. The molecule has 0 saturated heterocycles. The summed E-state index contributed by atoms with van der Waals surface area (Å²) in [5.74, 6) is 2.03. The van der Waals surface area contributed by atoms with Crippen molar-refractivity contribution < 1.29 is 4.74 Å². The van der Waals surface area contributed by atoms with Crippen molar-refractivity contribution in [3.63, 3.8) is 0 Å². The van der Waals surface area contributed by atoms with Gasteiger partial charge >= 0.3 is 0 Å². The van der Waals surface area contributed by atoms with Gasteiger partial charge in [0.05, 0.1) is 6.04 Å². The van der Waals surface area contributed by atoms with Crippen molar-refractivity contribution in [3.05, 3.63) is 11.6 Å². The zero-order chi connectivity index (χ0) is 13.2. The fraction of sp³-hybridized carbons (Fsp3) is 0.846. The van der Waals surface area contributed by atoms with Gasteiger partial charge < -0.3 is 14.6 Å². The molecule has 5 nitrogen and oxygen atoms in total. The molecule has 0 saturated carbocycles. The molecule has 0 bridgehead atoms. The molecule has 2 unspecified atom stereocenters. The van der Waals surface area contributed by atoms with E-state index in [0.717, 1.165) is 44.0 Å². The normalized spacial score (nSPS) is 22.6. The molecule has 0 fully saturated rings. The summed E-state index contributed by atoms with van der Waals surface area (Å²) >= 11 is 0. The van der Waals surface area contributed by atoms with Gasteiger partial charge in [0.1, 0.15) is 11.4 Å². The van der Waals surface area contributed by atoms with Crippen LogP contribution in [0.15, 0.2) is 0 Å². The molecule has 102 valence electrons. The van der Waals surface area contributed by atoms with Gasteiger partial charge in [-0.3, -0.25) is 0 Å². The lowest BCUT2D eigenvalue weighted by Gasteiger charge is -2.30. The van der Waals surface area contributed by atoms with Gasteiger partial charge in [0, 0.05) is 20.2 Å². The summed E-state index contributed by atoms with van der Waals surface area (Å²) in [4.78, 5) is 0. The van der Waals surface area contributed by atoms with Gasteiger partial charge in [-0.15, -0.1) is 10.2 Å². The van der Waals surface area contributed by atoms with Crippen LogP contribution in [-0.4, -0.2) is 28.4 Å². The second-order valence-corrected chi connectivity index (χ2v) is 5.12. The maximum atomic E-state index is 5.65. The second-order valence-electron chi connectivity index (χ2n) is 5.12. The van der Waals surface area contributed by atoms with E-state index in [4.69, 9.17) is 4.74 Å². The van der Waals surface area contributed by atoms with E-state index < -0.39 is 0 Å². The number of fused-ring (bicyclic) bond motifs is 1. The smallest absolute Gasteiger partial charge is 0.165 e. The minimum atomic E-state index is -0.334. The highest BCUT2D eigenvalue weighted by atomic mass is 16.5. The number of aromatic nitrogens is 3. The Morgan fingerprint density at radius 1 is 1.44 bits per heavy atom. The molecule has 5 heteroatoms. The number of nitrogens with zero attached hydrogens (tertiary/aromatic N) is 3. The van der Waals surface area contributed by atoms with Crippen LogP contribution >= 0.6 is 0 Å². The van der Waals surface area contributed by atoms with E-state index in [-0.39, 0.29) is 5.60 Å². The van der Waals surface area contributed by atoms with E-state index in [0.29, 0.717) is 6.04 Å². The minimum Gasteiger partial charge on any atom is -0.371 e. The summed E-state index contributed by atoms with van der Waals surface area (Å²) in [5.41, 5.74) is -0.334. The number of methoxy groups -OCH3 is 1. The van der Waals surface area contributed by atoms with Crippen LogP contribution in [0.5, 0.6) is 0 Å².